The fraction of sp³-hybridized carbons (Fsp3) is 1.00. The molecule has 2 saturated carbocycles. The highest BCUT2D eigenvalue weighted by Gasteiger charge is 2.57. The summed E-state index contributed by atoms with van der Waals surface area (Å²) in [6, 6.07) is 0.439. The quantitative estimate of drug-likeness (QED) is 0.567. The molecule has 11 heavy (non-hydrogen) atoms. The first-order valence-corrected chi connectivity index (χ1v) is 4.72. The highest BCUT2D eigenvalue weighted by atomic mass is 14.8. The molecule has 0 saturated heterocycles. The van der Waals surface area contributed by atoms with Gasteiger partial charge in [-0.15, -0.1) is 0 Å². The summed E-state index contributed by atoms with van der Waals surface area (Å²) in [4.78, 5) is 0. The molecule has 0 amide bonds. The third-order valence-corrected chi connectivity index (χ3v) is 4.38. The molecule has 2 rings (SSSR count). The first-order chi connectivity index (χ1) is 4.97. The van der Waals surface area contributed by atoms with Crippen LogP contribution in [0.4, 0.5) is 0 Å². The van der Waals surface area contributed by atoms with Gasteiger partial charge >= 0.3 is 0 Å². The normalized spacial score (nSPS) is 53.5. The van der Waals surface area contributed by atoms with Gasteiger partial charge in [0.15, 0.2) is 0 Å². The summed E-state index contributed by atoms with van der Waals surface area (Å²) in [5, 5.41) is 0. The van der Waals surface area contributed by atoms with Crippen LogP contribution in [0.25, 0.3) is 0 Å². The zero-order valence-electron chi connectivity index (χ0n) is 7.85. The molecule has 0 radical (unpaired) electrons. The van der Waals surface area contributed by atoms with Crippen molar-refractivity contribution < 1.29 is 0 Å². The molecule has 64 valence electrons. The van der Waals surface area contributed by atoms with Crippen LogP contribution in [0, 0.1) is 16.7 Å². The maximum Gasteiger partial charge on any atom is 0.0147 e. The van der Waals surface area contributed by atoms with Crippen LogP contribution in [-0.4, -0.2) is 6.04 Å². The predicted molar refractivity (Wildman–Crippen MR) is 47.2 cm³/mol. The van der Waals surface area contributed by atoms with Gasteiger partial charge < -0.3 is 5.73 Å². The highest BCUT2D eigenvalue weighted by molar-refractivity contribution is 5.10. The highest BCUT2D eigenvalue weighted by Crippen LogP contribution is 2.61. The maximum absolute atomic E-state index is 6.23. The van der Waals surface area contributed by atoms with Crippen LogP contribution < -0.4 is 5.73 Å². The van der Waals surface area contributed by atoms with E-state index in [2.05, 4.69) is 20.8 Å². The van der Waals surface area contributed by atoms with Crippen molar-refractivity contribution in [3.8, 4) is 0 Å². The standard InChI is InChI=1S/C10H19N/c1-9(2)7-4-5-10(3,6-7)8(9)11/h7-8H,4-6,11H2,1-3H3/t7-,8+,10?/m1/s1. The van der Waals surface area contributed by atoms with Crippen LogP contribution in [0.1, 0.15) is 40.0 Å². The third-order valence-electron chi connectivity index (χ3n) is 4.38. The number of fused-ring (bicyclic) bond motifs is 2. The van der Waals surface area contributed by atoms with E-state index in [1.54, 1.807) is 0 Å². The summed E-state index contributed by atoms with van der Waals surface area (Å²) in [6.07, 6.45) is 4.15. The summed E-state index contributed by atoms with van der Waals surface area (Å²) in [5.74, 6) is 0.905. The number of hydrogen-bond donors (Lipinski definition) is 1. The molecule has 2 aliphatic rings. The van der Waals surface area contributed by atoms with E-state index < -0.39 is 0 Å². The van der Waals surface area contributed by atoms with E-state index in [0.29, 0.717) is 16.9 Å². The van der Waals surface area contributed by atoms with Gasteiger partial charge in [-0.05, 0) is 36.0 Å². The second-order valence-electron chi connectivity index (χ2n) is 5.39. The van der Waals surface area contributed by atoms with Gasteiger partial charge in [0.2, 0.25) is 0 Å². The lowest BCUT2D eigenvalue weighted by atomic mass is 9.69. The Hall–Kier alpha value is -0.0400. The van der Waals surface area contributed by atoms with Gasteiger partial charge in [-0.25, -0.2) is 0 Å². The lowest BCUT2D eigenvalue weighted by Gasteiger charge is -2.40. The largest absolute Gasteiger partial charge is 0.327 e. The molecule has 0 aromatic carbocycles. The van der Waals surface area contributed by atoms with Crippen LogP contribution in [-0.2, 0) is 0 Å². The van der Waals surface area contributed by atoms with E-state index in [-0.39, 0.29) is 0 Å². The molecular formula is C10H19N. The topological polar surface area (TPSA) is 26.0 Å². The van der Waals surface area contributed by atoms with Crippen molar-refractivity contribution in [1.29, 1.82) is 0 Å². The summed E-state index contributed by atoms with van der Waals surface area (Å²) in [6.45, 7) is 7.05. The number of hydrogen-bond acceptors (Lipinski definition) is 1. The van der Waals surface area contributed by atoms with Crippen molar-refractivity contribution in [2.75, 3.05) is 0 Å². The predicted octanol–water partition coefficient (Wildman–Crippen LogP) is 2.16. The molecule has 2 N–H and O–H groups in total. The average Bonchev–Trinajstić information content (AvgIpc) is 2.36. The summed E-state index contributed by atoms with van der Waals surface area (Å²) in [5.41, 5.74) is 7.12. The van der Waals surface area contributed by atoms with E-state index in [0.717, 1.165) is 5.92 Å². The third kappa shape index (κ3) is 0.752. The zero-order valence-corrected chi connectivity index (χ0v) is 7.85. The molecule has 0 aliphatic heterocycles. The van der Waals surface area contributed by atoms with Crippen LogP contribution in [0.3, 0.4) is 0 Å². The lowest BCUT2D eigenvalue weighted by Crippen LogP contribution is -2.46. The minimum Gasteiger partial charge on any atom is -0.327 e. The molecule has 1 unspecified atom stereocenters. The number of nitrogens with two attached hydrogens (primary N) is 1. The zero-order chi connectivity index (χ0) is 8.28. The first kappa shape index (κ1) is 7.60. The van der Waals surface area contributed by atoms with Gasteiger partial charge in [0.25, 0.3) is 0 Å². The molecule has 0 heterocycles. The van der Waals surface area contributed by atoms with Crippen molar-refractivity contribution in [3.05, 3.63) is 0 Å². The Labute approximate surface area is 69.4 Å². The van der Waals surface area contributed by atoms with Crippen LogP contribution in [0.2, 0.25) is 0 Å². The van der Waals surface area contributed by atoms with Crippen LogP contribution in [0.15, 0.2) is 0 Å². The van der Waals surface area contributed by atoms with Gasteiger partial charge in [-0.1, -0.05) is 20.8 Å². The second kappa shape index (κ2) is 1.82. The van der Waals surface area contributed by atoms with Gasteiger partial charge in [-0.3, -0.25) is 0 Å². The fourth-order valence-electron chi connectivity index (χ4n) is 3.34. The second-order valence-corrected chi connectivity index (χ2v) is 5.39. The Kier molecular flexibility index (Phi) is 1.26. The molecule has 1 heteroatoms. The molecule has 3 atom stereocenters. The summed E-state index contributed by atoms with van der Waals surface area (Å²) < 4.78 is 0. The van der Waals surface area contributed by atoms with Gasteiger partial charge in [-0.2, -0.15) is 0 Å². The fourth-order valence-corrected chi connectivity index (χ4v) is 3.34. The monoisotopic (exact) mass is 153 g/mol. The Morgan fingerprint density at radius 3 is 2.18 bits per heavy atom. The molecule has 2 aliphatic carbocycles. The number of rotatable bonds is 0. The van der Waals surface area contributed by atoms with Crippen LogP contribution >= 0.6 is 0 Å². The van der Waals surface area contributed by atoms with E-state index in [1.807, 2.05) is 0 Å². The van der Waals surface area contributed by atoms with Crippen molar-refractivity contribution >= 4 is 0 Å². The van der Waals surface area contributed by atoms with E-state index in [4.69, 9.17) is 5.73 Å². The Morgan fingerprint density at radius 1 is 1.27 bits per heavy atom. The van der Waals surface area contributed by atoms with Gasteiger partial charge in [0.05, 0.1) is 0 Å². The average molecular weight is 153 g/mol. The molecule has 2 fully saturated rings. The van der Waals surface area contributed by atoms with E-state index in [1.165, 1.54) is 19.3 Å². The Bertz CT molecular complexity index is 181. The molecular weight excluding hydrogens is 134 g/mol. The van der Waals surface area contributed by atoms with Crippen molar-refractivity contribution in [3.63, 3.8) is 0 Å². The first-order valence-electron chi connectivity index (χ1n) is 4.72. The Balaban J connectivity index is 2.34. The Morgan fingerprint density at radius 2 is 1.91 bits per heavy atom. The van der Waals surface area contributed by atoms with E-state index in [9.17, 15) is 0 Å². The summed E-state index contributed by atoms with van der Waals surface area (Å²) >= 11 is 0. The molecule has 1 nitrogen and oxygen atoms in total. The smallest absolute Gasteiger partial charge is 0.0147 e. The lowest BCUT2D eigenvalue weighted by molar-refractivity contribution is 0.141. The minimum absolute atomic E-state index is 0.410. The molecule has 2 bridgehead atoms. The van der Waals surface area contributed by atoms with Gasteiger partial charge in [0, 0.05) is 6.04 Å². The molecule has 0 aromatic heterocycles. The van der Waals surface area contributed by atoms with Crippen molar-refractivity contribution in [2.45, 2.75) is 46.1 Å². The molecule has 0 spiro atoms. The van der Waals surface area contributed by atoms with Crippen LogP contribution in [0.5, 0.6) is 0 Å². The molecule has 0 aromatic rings. The minimum atomic E-state index is 0.410. The maximum atomic E-state index is 6.23. The van der Waals surface area contributed by atoms with Crippen molar-refractivity contribution in [2.24, 2.45) is 22.5 Å². The van der Waals surface area contributed by atoms with Crippen molar-refractivity contribution in [1.82, 2.24) is 0 Å². The summed E-state index contributed by atoms with van der Waals surface area (Å²) in [7, 11) is 0. The van der Waals surface area contributed by atoms with Gasteiger partial charge in [0.1, 0.15) is 0 Å². The van der Waals surface area contributed by atoms with E-state index >= 15 is 0 Å². The SMILES string of the molecule is CC12CC[C@H](C1)C(C)(C)[C@@H]2N.